The van der Waals surface area contributed by atoms with Crippen LogP contribution in [0, 0.1) is 11.3 Å². The van der Waals surface area contributed by atoms with Gasteiger partial charge in [0.1, 0.15) is 0 Å². The van der Waals surface area contributed by atoms with Crippen molar-refractivity contribution in [1.82, 2.24) is 0 Å². The van der Waals surface area contributed by atoms with Gasteiger partial charge in [0.15, 0.2) is 0 Å². The van der Waals surface area contributed by atoms with Gasteiger partial charge in [0.2, 0.25) is 0 Å². The molecule has 0 fully saturated rings. The molecule has 0 saturated carbocycles. The smallest absolute Gasteiger partial charge is 0.303 e. The zero-order valence-electron chi connectivity index (χ0n) is 7.74. The lowest BCUT2D eigenvalue weighted by Gasteiger charge is -2.29. The molecule has 1 aliphatic rings. The van der Waals surface area contributed by atoms with Crippen LogP contribution in [0.15, 0.2) is 17.2 Å². The SMILES string of the molecule is CCC(C)C1(C)C=NOC(O)=C1. The first-order valence-electron chi connectivity index (χ1n) is 4.22. The van der Waals surface area contributed by atoms with Gasteiger partial charge in [-0.2, -0.15) is 0 Å². The first kappa shape index (κ1) is 9.10. The summed E-state index contributed by atoms with van der Waals surface area (Å²) in [6, 6.07) is 0. The van der Waals surface area contributed by atoms with E-state index in [4.69, 9.17) is 5.11 Å². The lowest BCUT2D eigenvalue weighted by Crippen LogP contribution is -2.27. The highest BCUT2D eigenvalue weighted by molar-refractivity contribution is 5.68. The summed E-state index contributed by atoms with van der Waals surface area (Å²) >= 11 is 0. The average Bonchev–Trinajstić information content (AvgIpc) is 2.02. The van der Waals surface area contributed by atoms with Crippen molar-refractivity contribution < 1.29 is 9.94 Å². The van der Waals surface area contributed by atoms with Crippen LogP contribution in [0.5, 0.6) is 0 Å². The molecule has 2 atom stereocenters. The Balaban J connectivity index is 2.82. The number of aliphatic hydroxyl groups excluding tert-OH is 1. The first-order valence-corrected chi connectivity index (χ1v) is 4.22. The van der Waals surface area contributed by atoms with Gasteiger partial charge < -0.3 is 9.94 Å². The maximum atomic E-state index is 9.11. The van der Waals surface area contributed by atoms with Gasteiger partial charge in [-0.05, 0) is 5.92 Å². The van der Waals surface area contributed by atoms with Gasteiger partial charge in [0.05, 0.1) is 6.21 Å². The molecule has 0 amide bonds. The van der Waals surface area contributed by atoms with Crippen molar-refractivity contribution in [2.75, 3.05) is 0 Å². The van der Waals surface area contributed by atoms with Crippen LogP contribution in [0.2, 0.25) is 0 Å². The summed E-state index contributed by atoms with van der Waals surface area (Å²) in [5.74, 6) is 0.354. The van der Waals surface area contributed by atoms with Crippen LogP contribution >= 0.6 is 0 Å². The normalized spacial score (nSPS) is 30.8. The van der Waals surface area contributed by atoms with Crippen molar-refractivity contribution in [2.45, 2.75) is 27.2 Å². The highest BCUT2D eigenvalue weighted by Crippen LogP contribution is 2.32. The zero-order valence-corrected chi connectivity index (χ0v) is 7.74. The molecule has 0 spiro atoms. The second kappa shape index (κ2) is 3.17. The Morgan fingerprint density at radius 1 is 1.75 bits per heavy atom. The highest BCUT2D eigenvalue weighted by atomic mass is 16.7. The quantitative estimate of drug-likeness (QED) is 0.689. The second-order valence-electron chi connectivity index (χ2n) is 3.48. The maximum Gasteiger partial charge on any atom is 0.303 e. The molecular weight excluding hydrogens is 154 g/mol. The molecule has 3 nitrogen and oxygen atoms in total. The third kappa shape index (κ3) is 1.60. The van der Waals surface area contributed by atoms with Crippen molar-refractivity contribution in [2.24, 2.45) is 16.5 Å². The average molecular weight is 169 g/mol. The highest BCUT2D eigenvalue weighted by Gasteiger charge is 2.29. The molecular formula is C9H15NO2. The topological polar surface area (TPSA) is 41.8 Å². The van der Waals surface area contributed by atoms with E-state index < -0.39 is 0 Å². The molecule has 0 aromatic rings. The molecule has 12 heavy (non-hydrogen) atoms. The minimum absolute atomic E-state index is 0.0969. The van der Waals surface area contributed by atoms with Crippen molar-refractivity contribution >= 4 is 6.21 Å². The van der Waals surface area contributed by atoms with E-state index in [1.54, 1.807) is 12.3 Å². The molecule has 0 radical (unpaired) electrons. The van der Waals surface area contributed by atoms with Crippen LogP contribution in [0.4, 0.5) is 0 Å². The summed E-state index contributed by atoms with van der Waals surface area (Å²) in [6.07, 6.45) is 4.49. The van der Waals surface area contributed by atoms with Crippen molar-refractivity contribution in [3.63, 3.8) is 0 Å². The van der Waals surface area contributed by atoms with E-state index in [0.29, 0.717) is 5.92 Å². The van der Waals surface area contributed by atoms with E-state index in [1.807, 2.05) is 6.92 Å². The van der Waals surface area contributed by atoms with Crippen LogP contribution in [-0.2, 0) is 4.84 Å². The number of hydrogen-bond acceptors (Lipinski definition) is 3. The van der Waals surface area contributed by atoms with E-state index in [0.717, 1.165) is 6.42 Å². The van der Waals surface area contributed by atoms with Crippen LogP contribution < -0.4 is 0 Å². The van der Waals surface area contributed by atoms with Gasteiger partial charge in [-0.15, -0.1) is 0 Å². The lowest BCUT2D eigenvalue weighted by atomic mass is 9.77. The summed E-state index contributed by atoms with van der Waals surface area (Å²) in [6.45, 7) is 6.27. The van der Waals surface area contributed by atoms with Crippen molar-refractivity contribution in [3.05, 3.63) is 12.0 Å². The maximum absolute atomic E-state index is 9.11. The minimum Gasteiger partial charge on any atom is -0.480 e. The molecule has 3 heteroatoms. The lowest BCUT2D eigenvalue weighted by molar-refractivity contribution is 0.0833. The molecule has 0 bridgehead atoms. The fraction of sp³-hybridized carbons (Fsp3) is 0.667. The summed E-state index contributed by atoms with van der Waals surface area (Å²) < 4.78 is 0. The van der Waals surface area contributed by atoms with Crippen LogP contribution in [0.1, 0.15) is 27.2 Å². The predicted octanol–water partition coefficient (Wildman–Crippen LogP) is 2.45. The van der Waals surface area contributed by atoms with E-state index in [9.17, 15) is 0 Å². The van der Waals surface area contributed by atoms with Gasteiger partial charge >= 0.3 is 5.95 Å². The van der Waals surface area contributed by atoms with Crippen molar-refractivity contribution in [3.8, 4) is 0 Å². The second-order valence-corrected chi connectivity index (χ2v) is 3.48. The molecule has 1 aliphatic heterocycles. The third-order valence-electron chi connectivity index (χ3n) is 2.59. The van der Waals surface area contributed by atoms with E-state index >= 15 is 0 Å². The van der Waals surface area contributed by atoms with E-state index in [1.165, 1.54) is 0 Å². The molecule has 0 aliphatic carbocycles. The molecule has 0 saturated heterocycles. The Labute approximate surface area is 72.7 Å². The number of nitrogens with zero attached hydrogens (tertiary/aromatic N) is 1. The number of oxime groups is 1. The fourth-order valence-electron chi connectivity index (χ4n) is 1.23. The van der Waals surface area contributed by atoms with Crippen LogP contribution in [-0.4, -0.2) is 11.3 Å². The Morgan fingerprint density at radius 3 is 2.92 bits per heavy atom. The van der Waals surface area contributed by atoms with Crippen LogP contribution in [0.25, 0.3) is 0 Å². The molecule has 0 aromatic heterocycles. The number of hydrogen-bond donors (Lipinski definition) is 1. The molecule has 1 heterocycles. The Morgan fingerprint density at radius 2 is 2.42 bits per heavy atom. The van der Waals surface area contributed by atoms with Gasteiger partial charge in [-0.25, -0.2) is 0 Å². The molecule has 0 aromatic carbocycles. The third-order valence-corrected chi connectivity index (χ3v) is 2.59. The van der Waals surface area contributed by atoms with Gasteiger partial charge in [-0.3, -0.25) is 0 Å². The van der Waals surface area contributed by atoms with Gasteiger partial charge in [0.25, 0.3) is 0 Å². The fourth-order valence-corrected chi connectivity index (χ4v) is 1.23. The van der Waals surface area contributed by atoms with Crippen LogP contribution in [0.3, 0.4) is 0 Å². The van der Waals surface area contributed by atoms with Crippen molar-refractivity contribution in [1.29, 1.82) is 0 Å². The molecule has 68 valence electrons. The van der Waals surface area contributed by atoms with Gasteiger partial charge in [-0.1, -0.05) is 32.3 Å². The number of allylic oxidation sites excluding steroid dienone is 1. The Hall–Kier alpha value is -0.990. The minimum atomic E-state index is -0.170. The number of aliphatic hydroxyl groups is 1. The molecule has 2 unspecified atom stereocenters. The monoisotopic (exact) mass is 169 g/mol. The summed E-state index contributed by atoms with van der Waals surface area (Å²) in [5.41, 5.74) is -0.170. The van der Waals surface area contributed by atoms with Gasteiger partial charge in [0, 0.05) is 11.5 Å². The largest absolute Gasteiger partial charge is 0.480 e. The Bertz CT molecular complexity index is 223. The standard InChI is InChI=1S/C9H15NO2/c1-4-7(2)9(3)5-8(11)12-10-6-9/h5-7,11H,4H2,1-3H3. The molecule has 1 N–H and O–H groups in total. The summed E-state index contributed by atoms with van der Waals surface area (Å²) in [4.78, 5) is 4.55. The van der Waals surface area contributed by atoms with E-state index in [-0.39, 0.29) is 11.4 Å². The predicted molar refractivity (Wildman–Crippen MR) is 47.9 cm³/mol. The summed E-state index contributed by atoms with van der Waals surface area (Å²) in [7, 11) is 0. The van der Waals surface area contributed by atoms with E-state index in [2.05, 4.69) is 23.8 Å². The zero-order chi connectivity index (χ0) is 9.19. The first-order chi connectivity index (χ1) is 5.58. The number of rotatable bonds is 2. The molecule has 1 rings (SSSR count). The Kier molecular flexibility index (Phi) is 2.40. The summed E-state index contributed by atoms with van der Waals surface area (Å²) in [5, 5.41) is 12.8.